The summed E-state index contributed by atoms with van der Waals surface area (Å²) in [6.07, 6.45) is 3.38. The van der Waals surface area contributed by atoms with E-state index in [1.807, 2.05) is 17.0 Å². The first-order valence-corrected chi connectivity index (χ1v) is 8.61. The van der Waals surface area contributed by atoms with Gasteiger partial charge in [0.1, 0.15) is 5.69 Å². The summed E-state index contributed by atoms with van der Waals surface area (Å²) in [7, 11) is 1.67. The van der Waals surface area contributed by atoms with Crippen LogP contribution in [0.1, 0.15) is 16.3 Å². The van der Waals surface area contributed by atoms with Crippen LogP contribution in [0.15, 0.2) is 45.7 Å². The largest absolute Gasteiger partial charge is 0.378 e. The van der Waals surface area contributed by atoms with Crippen molar-refractivity contribution in [1.82, 2.24) is 20.2 Å². The van der Waals surface area contributed by atoms with Crippen LogP contribution in [-0.4, -0.2) is 59.5 Å². The van der Waals surface area contributed by atoms with E-state index in [9.17, 15) is 4.79 Å². The minimum Gasteiger partial charge on any atom is -0.378 e. The van der Waals surface area contributed by atoms with E-state index in [2.05, 4.69) is 15.3 Å². The van der Waals surface area contributed by atoms with Gasteiger partial charge in [0.25, 0.3) is 5.91 Å². The molecule has 4 rings (SSSR count). The topological polar surface area (TPSA) is 97.7 Å². The number of hydrogen-bond donors (Lipinski definition) is 0. The third kappa shape index (κ3) is 3.82. The van der Waals surface area contributed by atoms with E-state index in [0.717, 1.165) is 18.7 Å². The van der Waals surface area contributed by atoms with Gasteiger partial charge < -0.3 is 23.6 Å². The molecule has 0 saturated carbocycles. The van der Waals surface area contributed by atoms with Crippen molar-refractivity contribution in [1.29, 1.82) is 0 Å². The number of carbonyl (C=O) groups is 1. The average molecular weight is 369 g/mol. The third-order valence-corrected chi connectivity index (χ3v) is 4.32. The first-order chi connectivity index (χ1) is 13.2. The molecule has 9 heteroatoms. The first kappa shape index (κ1) is 17.2. The number of nitrogens with zero attached hydrogens (tertiary/aromatic N) is 5. The molecule has 0 N–H and O–H groups in total. The zero-order chi connectivity index (χ0) is 18.6. The summed E-state index contributed by atoms with van der Waals surface area (Å²) in [5.41, 5.74) is 1.60. The van der Waals surface area contributed by atoms with Gasteiger partial charge in [-0.15, -0.1) is 0 Å². The van der Waals surface area contributed by atoms with Crippen molar-refractivity contribution in [2.24, 2.45) is 0 Å². The van der Waals surface area contributed by atoms with E-state index in [-0.39, 0.29) is 18.2 Å². The van der Waals surface area contributed by atoms with Gasteiger partial charge in [-0.1, -0.05) is 10.3 Å². The second-order valence-corrected chi connectivity index (χ2v) is 6.22. The first-order valence-electron chi connectivity index (χ1n) is 8.61. The maximum absolute atomic E-state index is 12.6. The Bertz CT molecular complexity index is 901. The molecular formula is C18H19N5O4. The van der Waals surface area contributed by atoms with Gasteiger partial charge in [0.2, 0.25) is 5.76 Å². The zero-order valence-electron chi connectivity index (χ0n) is 14.9. The van der Waals surface area contributed by atoms with E-state index >= 15 is 0 Å². The predicted molar refractivity (Wildman–Crippen MR) is 95.1 cm³/mol. The second-order valence-electron chi connectivity index (χ2n) is 6.22. The number of amides is 1. The smallest absolute Gasteiger partial charge is 0.292 e. The molecule has 0 unspecified atom stereocenters. The van der Waals surface area contributed by atoms with Crippen LogP contribution in [0.25, 0.3) is 11.3 Å². The van der Waals surface area contributed by atoms with Crippen LogP contribution < -0.4 is 4.90 Å². The highest BCUT2D eigenvalue weighted by Gasteiger charge is 2.22. The highest BCUT2D eigenvalue weighted by Crippen LogP contribution is 2.20. The number of hydrogen-bond acceptors (Lipinski definition) is 8. The monoisotopic (exact) mass is 369 g/mol. The third-order valence-electron chi connectivity index (χ3n) is 4.32. The molecule has 0 radical (unpaired) electrons. The number of pyridine rings is 1. The predicted octanol–water partition coefficient (Wildman–Crippen LogP) is 1.83. The van der Waals surface area contributed by atoms with Crippen molar-refractivity contribution in [3.8, 4) is 11.3 Å². The average Bonchev–Trinajstić information content (AvgIpc) is 3.39. The van der Waals surface area contributed by atoms with Crippen molar-refractivity contribution in [3.63, 3.8) is 0 Å². The Balaban J connectivity index is 1.41. The fourth-order valence-electron chi connectivity index (χ4n) is 2.85. The molecule has 3 aromatic heterocycles. The highest BCUT2D eigenvalue weighted by molar-refractivity contribution is 5.91. The van der Waals surface area contributed by atoms with E-state index in [0.29, 0.717) is 30.5 Å². The van der Waals surface area contributed by atoms with Crippen LogP contribution in [-0.2, 0) is 11.3 Å². The number of ether oxygens (including phenoxy) is 1. The number of rotatable bonds is 5. The molecule has 0 bridgehead atoms. The van der Waals surface area contributed by atoms with Crippen molar-refractivity contribution in [3.05, 3.63) is 48.2 Å². The van der Waals surface area contributed by atoms with Crippen LogP contribution in [0.2, 0.25) is 0 Å². The summed E-state index contributed by atoms with van der Waals surface area (Å²) >= 11 is 0. The fourth-order valence-corrected chi connectivity index (χ4v) is 2.85. The summed E-state index contributed by atoms with van der Waals surface area (Å²) in [5, 5.41) is 8.04. The van der Waals surface area contributed by atoms with Gasteiger partial charge in [0.15, 0.2) is 11.6 Å². The van der Waals surface area contributed by atoms with Gasteiger partial charge in [0.05, 0.1) is 19.8 Å². The molecule has 1 fully saturated rings. The van der Waals surface area contributed by atoms with Crippen molar-refractivity contribution < 1.29 is 18.6 Å². The van der Waals surface area contributed by atoms with E-state index in [4.69, 9.17) is 13.8 Å². The molecule has 0 aromatic carbocycles. The molecule has 3 aromatic rings. The van der Waals surface area contributed by atoms with E-state index < -0.39 is 0 Å². The molecule has 0 atom stereocenters. The van der Waals surface area contributed by atoms with Gasteiger partial charge in [0, 0.05) is 50.2 Å². The van der Waals surface area contributed by atoms with Crippen molar-refractivity contribution in [2.45, 2.75) is 6.54 Å². The van der Waals surface area contributed by atoms with Crippen LogP contribution in [0.3, 0.4) is 0 Å². The van der Waals surface area contributed by atoms with E-state index in [1.54, 1.807) is 31.6 Å². The van der Waals surface area contributed by atoms with Crippen molar-refractivity contribution in [2.75, 3.05) is 38.3 Å². The highest BCUT2D eigenvalue weighted by atomic mass is 16.5. The summed E-state index contributed by atoms with van der Waals surface area (Å²) < 4.78 is 15.9. The Morgan fingerprint density at radius 2 is 1.93 bits per heavy atom. The fraction of sp³-hybridized carbons (Fsp3) is 0.333. The minimum atomic E-state index is -0.274. The Hall–Kier alpha value is -3.20. The Morgan fingerprint density at radius 1 is 1.15 bits per heavy atom. The zero-order valence-corrected chi connectivity index (χ0v) is 14.9. The van der Waals surface area contributed by atoms with Gasteiger partial charge in [-0.3, -0.25) is 9.78 Å². The van der Waals surface area contributed by atoms with Gasteiger partial charge in [-0.2, -0.15) is 0 Å². The van der Waals surface area contributed by atoms with Crippen LogP contribution >= 0.6 is 0 Å². The SMILES string of the molecule is CN(Cc1cc(-c2ccncc2)no1)C(=O)c1cc(N2CCOCC2)no1. The van der Waals surface area contributed by atoms with Gasteiger partial charge in [-0.25, -0.2) is 0 Å². The quantitative estimate of drug-likeness (QED) is 0.672. The minimum absolute atomic E-state index is 0.188. The lowest BCUT2D eigenvalue weighted by Crippen LogP contribution is -2.36. The van der Waals surface area contributed by atoms with Crippen molar-refractivity contribution >= 4 is 11.7 Å². The molecule has 0 aliphatic carbocycles. The molecule has 1 aliphatic rings. The maximum atomic E-state index is 12.6. The van der Waals surface area contributed by atoms with Gasteiger partial charge >= 0.3 is 0 Å². The standard InChI is InChI=1S/C18H19N5O4/c1-22(12-14-10-15(20-26-14)13-2-4-19-5-3-13)18(24)16-11-17(21-27-16)23-6-8-25-9-7-23/h2-5,10-11H,6-9,12H2,1H3. The molecule has 1 aliphatic heterocycles. The number of morpholine rings is 1. The molecule has 9 nitrogen and oxygen atoms in total. The summed E-state index contributed by atoms with van der Waals surface area (Å²) in [4.78, 5) is 20.1. The number of aromatic nitrogens is 3. The van der Waals surface area contributed by atoms with Crippen LogP contribution in [0, 0.1) is 0 Å². The number of carbonyl (C=O) groups excluding carboxylic acids is 1. The molecule has 0 spiro atoms. The molecule has 27 heavy (non-hydrogen) atoms. The Morgan fingerprint density at radius 3 is 2.70 bits per heavy atom. The molecular weight excluding hydrogens is 350 g/mol. The second kappa shape index (κ2) is 7.58. The molecule has 140 valence electrons. The molecule has 1 saturated heterocycles. The summed E-state index contributed by atoms with van der Waals surface area (Å²) in [6, 6.07) is 7.15. The Kier molecular flexibility index (Phi) is 4.84. The summed E-state index contributed by atoms with van der Waals surface area (Å²) in [5.74, 6) is 1.14. The summed E-state index contributed by atoms with van der Waals surface area (Å²) in [6.45, 7) is 3.00. The molecule has 4 heterocycles. The van der Waals surface area contributed by atoms with E-state index in [1.165, 1.54) is 4.90 Å². The maximum Gasteiger partial charge on any atom is 0.292 e. The van der Waals surface area contributed by atoms with Crippen LogP contribution in [0.5, 0.6) is 0 Å². The Labute approximate surface area is 155 Å². The lowest BCUT2D eigenvalue weighted by molar-refractivity contribution is 0.0730. The van der Waals surface area contributed by atoms with Crippen LogP contribution in [0.4, 0.5) is 5.82 Å². The lowest BCUT2D eigenvalue weighted by atomic mass is 10.2. The van der Waals surface area contributed by atoms with Gasteiger partial charge in [-0.05, 0) is 12.1 Å². The molecule has 1 amide bonds. The number of anilines is 1. The lowest BCUT2D eigenvalue weighted by Gasteiger charge is -2.25. The normalized spacial score (nSPS) is 14.3.